The van der Waals surface area contributed by atoms with Crippen LogP contribution in [0.3, 0.4) is 0 Å². The lowest BCUT2D eigenvalue weighted by Crippen LogP contribution is -2.29. The molecule has 0 unspecified atom stereocenters. The molecule has 0 aliphatic heterocycles. The fourth-order valence-electron chi connectivity index (χ4n) is 5.08. The van der Waals surface area contributed by atoms with E-state index in [1.165, 1.54) is 52.7 Å². The Hall–Kier alpha value is -8.21. The van der Waals surface area contributed by atoms with E-state index < -0.39 is 39.8 Å². The molecule has 408 valence electrons. The number of benzene rings is 5. The first-order valence-electron chi connectivity index (χ1n) is 20.9. The molecule has 10 N–H and O–H groups in total. The average molecular weight is 1100 g/mol. The van der Waals surface area contributed by atoms with Gasteiger partial charge in [-0.15, -0.1) is 0 Å². The predicted molar refractivity (Wildman–Crippen MR) is 270 cm³/mol. The highest BCUT2D eigenvalue weighted by Crippen LogP contribution is 2.33. The number of halogens is 2. The molecule has 5 aromatic carbocycles. The van der Waals surface area contributed by atoms with Crippen molar-refractivity contribution < 1.29 is 101 Å². The van der Waals surface area contributed by atoms with E-state index in [0.29, 0.717) is 51.6 Å². The van der Waals surface area contributed by atoms with Crippen molar-refractivity contribution in [3.05, 3.63) is 91.0 Å². The number of nitrogens with one attached hydrogen (secondary N) is 4. The van der Waals surface area contributed by atoms with Gasteiger partial charge in [-0.1, -0.05) is 0 Å². The highest BCUT2D eigenvalue weighted by Gasteiger charge is 2.19. The van der Waals surface area contributed by atoms with E-state index in [1.54, 1.807) is 56.7 Å². The standard InChI is InChI=1S/C22H28N2O10.C14H12N2O6.C10H15NO4.CCl2O/c1-27-11-31-17-7-5-15(9-19(17)33-13-29-3)23-21(25)22(26)24-16-6-8-18(32-12-28-2)20(10-16)34-14-30-4;17-9-3-1-7(5-11(9)19)15-13(21)14(22)16-8-2-4-10(18)12(20)6-8;1-12-6-14-9-4-3-8(11)5-10(9)15-7-13-2;2-1(3)4/h5-10H,11-14H2,1-4H3,(H,23,25)(H,24,26);1-6,17-20H,(H,15,21)(H,16,22);3-5H,6-7,11H2,1-2H3;. The third kappa shape index (κ3) is 24.4. The monoisotopic (exact) mass is 1100 g/mol. The Morgan fingerprint density at radius 3 is 0.893 bits per heavy atom. The third-order valence-corrected chi connectivity index (χ3v) is 8.24. The number of ether oxygens (including phenoxy) is 12. The summed E-state index contributed by atoms with van der Waals surface area (Å²) in [6.45, 7) is 0.226. The fraction of sp³-hybridized carbons (Fsp3) is 0.255. The summed E-state index contributed by atoms with van der Waals surface area (Å²) >= 11 is 8.80. The summed E-state index contributed by atoms with van der Waals surface area (Å²) in [6, 6.07) is 21.4. The first kappa shape index (κ1) is 62.9. The zero-order valence-corrected chi connectivity index (χ0v) is 42.5. The molecule has 0 aliphatic carbocycles. The van der Waals surface area contributed by atoms with Crippen molar-refractivity contribution in [2.75, 3.05) is 110 Å². The summed E-state index contributed by atoms with van der Waals surface area (Å²) in [4.78, 5) is 57.2. The van der Waals surface area contributed by atoms with Crippen LogP contribution >= 0.6 is 23.2 Å². The third-order valence-electron chi connectivity index (χ3n) is 8.24. The largest absolute Gasteiger partial charge is 0.504 e. The van der Waals surface area contributed by atoms with Gasteiger partial charge in [-0.2, -0.15) is 0 Å². The molecule has 0 fully saturated rings. The first-order chi connectivity index (χ1) is 35.9. The predicted octanol–water partition coefficient (Wildman–Crippen LogP) is 6.10. The van der Waals surface area contributed by atoms with Crippen molar-refractivity contribution >= 4 is 80.0 Å². The Bertz CT molecular complexity index is 2470. The number of hydrogen-bond acceptors (Lipinski definition) is 22. The van der Waals surface area contributed by atoms with Crippen molar-refractivity contribution in [3.63, 3.8) is 0 Å². The molecule has 5 rings (SSSR count). The molecule has 0 atom stereocenters. The van der Waals surface area contributed by atoms with Crippen LogP contribution in [-0.4, -0.2) is 132 Å². The molecule has 0 aromatic heterocycles. The Morgan fingerprint density at radius 2 is 0.613 bits per heavy atom. The minimum atomic E-state index is -1.02. The number of amides is 4. The number of carbonyl (C=O) groups excluding carboxylic acids is 5. The average Bonchev–Trinajstić information content (AvgIpc) is 3.38. The van der Waals surface area contributed by atoms with Crippen LogP contribution in [0, 0.1) is 0 Å². The van der Waals surface area contributed by atoms with E-state index in [2.05, 4.69) is 44.5 Å². The van der Waals surface area contributed by atoms with E-state index in [0.717, 1.165) is 24.3 Å². The molecule has 0 heterocycles. The van der Waals surface area contributed by atoms with Gasteiger partial charge in [0.1, 0.15) is 0 Å². The number of phenols is 4. The molecule has 0 bridgehead atoms. The fourth-order valence-corrected chi connectivity index (χ4v) is 5.08. The lowest BCUT2D eigenvalue weighted by atomic mass is 10.2. The normalized spacial score (nSPS) is 9.97. The zero-order chi connectivity index (χ0) is 55.7. The van der Waals surface area contributed by atoms with Gasteiger partial charge in [0, 0.05) is 101 Å². The number of carbonyl (C=O) groups is 5. The number of anilines is 5. The molecule has 0 aliphatic rings. The minimum Gasteiger partial charge on any atom is -0.504 e. The summed E-state index contributed by atoms with van der Waals surface area (Å²) in [6.07, 6.45) is 0. The molecule has 0 saturated heterocycles. The maximum atomic E-state index is 12.4. The molecule has 75 heavy (non-hydrogen) atoms. The van der Waals surface area contributed by atoms with E-state index in [4.69, 9.17) is 77.6 Å². The maximum absolute atomic E-state index is 12.4. The van der Waals surface area contributed by atoms with Crippen LogP contribution in [-0.2, 0) is 47.6 Å². The van der Waals surface area contributed by atoms with Gasteiger partial charge in [0.15, 0.2) is 98.3 Å². The topological polar surface area (TPSA) is 351 Å². The lowest BCUT2D eigenvalue weighted by molar-refractivity contribution is -0.133. The second-order valence-corrected chi connectivity index (χ2v) is 14.7. The molecule has 5 aromatic rings. The van der Waals surface area contributed by atoms with Gasteiger partial charge in [-0.3, -0.25) is 24.0 Å². The number of rotatable bonds is 22. The molecule has 26 nitrogen and oxygen atoms in total. The Kier molecular flexibility index (Phi) is 29.4. The number of nitrogen functional groups attached to an aromatic ring is 1. The highest BCUT2D eigenvalue weighted by atomic mass is 35.5. The number of methoxy groups -OCH3 is 6. The van der Waals surface area contributed by atoms with Crippen molar-refractivity contribution in [1.29, 1.82) is 0 Å². The van der Waals surface area contributed by atoms with Gasteiger partial charge in [0.2, 0.25) is 0 Å². The van der Waals surface area contributed by atoms with E-state index in [1.807, 2.05) is 0 Å². The zero-order valence-electron chi connectivity index (χ0n) is 41.0. The van der Waals surface area contributed by atoms with Crippen LogP contribution < -0.4 is 55.4 Å². The molecule has 0 spiro atoms. The second kappa shape index (κ2) is 35.0. The van der Waals surface area contributed by atoms with E-state index in [9.17, 15) is 29.4 Å². The Morgan fingerprint density at radius 1 is 0.373 bits per heavy atom. The summed E-state index contributed by atoms with van der Waals surface area (Å²) in [5.74, 6) is -2.99. The summed E-state index contributed by atoms with van der Waals surface area (Å²) in [7, 11) is 8.99. The van der Waals surface area contributed by atoms with Gasteiger partial charge in [0.05, 0.1) is 0 Å². The van der Waals surface area contributed by atoms with E-state index in [-0.39, 0.29) is 63.6 Å². The summed E-state index contributed by atoms with van der Waals surface area (Å²) < 4.78 is 60.5. The summed E-state index contributed by atoms with van der Waals surface area (Å²) in [5.41, 5.74) is 7.07. The van der Waals surface area contributed by atoms with Crippen molar-refractivity contribution in [3.8, 4) is 57.5 Å². The van der Waals surface area contributed by atoms with Gasteiger partial charge in [-0.25, -0.2) is 0 Å². The maximum Gasteiger partial charge on any atom is 0.314 e. The minimum absolute atomic E-state index is 0.00281. The van der Waals surface area contributed by atoms with Crippen molar-refractivity contribution in [1.82, 2.24) is 0 Å². The molecular formula is C47H55Cl2N5O21. The van der Waals surface area contributed by atoms with Crippen molar-refractivity contribution in [2.45, 2.75) is 0 Å². The smallest absolute Gasteiger partial charge is 0.314 e. The number of nitrogens with two attached hydrogens (primary N) is 1. The van der Waals surface area contributed by atoms with Crippen LogP contribution in [0.2, 0.25) is 0 Å². The Labute approximate surface area is 438 Å². The van der Waals surface area contributed by atoms with Gasteiger partial charge in [-0.05, 0) is 83.9 Å². The van der Waals surface area contributed by atoms with Gasteiger partial charge in [0.25, 0.3) is 0 Å². The molecule has 28 heteroatoms. The van der Waals surface area contributed by atoms with Gasteiger partial charge < -0.3 is 104 Å². The number of hydrogen-bond donors (Lipinski definition) is 9. The van der Waals surface area contributed by atoms with Crippen LogP contribution in [0.5, 0.6) is 57.5 Å². The molecule has 4 amide bonds. The van der Waals surface area contributed by atoms with Crippen LogP contribution in [0.25, 0.3) is 0 Å². The van der Waals surface area contributed by atoms with Crippen LogP contribution in [0.1, 0.15) is 0 Å². The second-order valence-electron chi connectivity index (χ2n) is 13.8. The van der Waals surface area contributed by atoms with E-state index >= 15 is 0 Å². The van der Waals surface area contributed by atoms with Crippen LogP contribution in [0.4, 0.5) is 33.2 Å². The summed E-state index contributed by atoms with van der Waals surface area (Å²) in [5, 5.41) is 46.3. The van der Waals surface area contributed by atoms with Gasteiger partial charge >= 0.3 is 28.3 Å². The lowest BCUT2D eigenvalue weighted by Gasteiger charge is -2.14. The number of phenolic OH excluding ortho intramolecular Hbond substituents is 4. The quantitative estimate of drug-likeness (QED) is 0.00944. The SMILES string of the molecule is COCOc1ccc(N)cc1OCOC.COCOc1ccc(NC(=O)C(=O)Nc2ccc(OCOC)c(OCOC)c2)cc1OCOC.O=C(Cl)Cl.O=C(Nc1ccc(O)c(O)c1)C(=O)Nc1ccc(O)c(O)c1. The molecule has 0 radical (unpaired) electrons. The highest BCUT2D eigenvalue weighted by molar-refractivity contribution is 6.93. The van der Waals surface area contributed by atoms with Crippen LogP contribution in [0.15, 0.2) is 91.0 Å². The Balaban J connectivity index is 0.000000400. The first-order valence-corrected chi connectivity index (χ1v) is 21.7. The molecule has 0 saturated carbocycles. The van der Waals surface area contributed by atoms with Crippen molar-refractivity contribution in [2.24, 2.45) is 0 Å². The molecular weight excluding hydrogens is 1040 g/mol. The number of aromatic hydroxyl groups is 4.